The van der Waals surface area contributed by atoms with Crippen LogP contribution in [0.2, 0.25) is 0 Å². The number of nitrogens with zero attached hydrogens (tertiary/aromatic N) is 1. The molecule has 0 amide bonds. The highest BCUT2D eigenvalue weighted by Gasteiger charge is 2.44. The number of hydrogen-bond donors (Lipinski definition) is 2. The number of anilines is 1. The number of fused-ring (bicyclic) bond motifs is 3. The molecule has 0 atom stereocenters. The largest absolute Gasteiger partial charge is 0.586 e. The van der Waals surface area contributed by atoms with Crippen molar-refractivity contribution in [2.45, 2.75) is 11.2 Å². The number of para-hydroxylation sites is 1. The lowest BCUT2D eigenvalue weighted by atomic mass is 10.2. The minimum atomic E-state index is -4.30. The molecule has 1 aliphatic heterocycles. The maximum absolute atomic E-state index is 14.3. The molecule has 29 heavy (non-hydrogen) atoms. The third kappa shape index (κ3) is 2.90. The Bertz CT molecular complexity index is 1400. The summed E-state index contributed by atoms with van der Waals surface area (Å²) in [5, 5.41) is 0.807. The smallest absolute Gasteiger partial charge is 0.395 e. The molecule has 148 valence electrons. The fourth-order valence-corrected chi connectivity index (χ4v) is 4.26. The first-order valence-electron chi connectivity index (χ1n) is 8.21. The van der Waals surface area contributed by atoms with Crippen molar-refractivity contribution >= 4 is 37.6 Å². The average molecular weight is 421 g/mol. The second-order valence-electron chi connectivity index (χ2n) is 6.28. The first kappa shape index (κ1) is 17.6. The van der Waals surface area contributed by atoms with Crippen molar-refractivity contribution in [1.82, 2.24) is 9.97 Å². The van der Waals surface area contributed by atoms with Crippen LogP contribution in [0.4, 0.5) is 18.9 Å². The van der Waals surface area contributed by atoms with Crippen LogP contribution in [0.25, 0.3) is 21.9 Å². The van der Waals surface area contributed by atoms with Crippen LogP contribution in [-0.4, -0.2) is 24.7 Å². The Hall–Kier alpha value is -3.47. The van der Waals surface area contributed by atoms with Crippen molar-refractivity contribution < 1.29 is 31.1 Å². The molecule has 0 spiro atoms. The van der Waals surface area contributed by atoms with Gasteiger partial charge in [-0.1, -0.05) is 18.2 Å². The monoisotopic (exact) mass is 421 g/mol. The van der Waals surface area contributed by atoms with E-state index in [1.807, 2.05) is 16.9 Å². The number of aromatic amines is 1. The Morgan fingerprint density at radius 2 is 1.79 bits per heavy atom. The van der Waals surface area contributed by atoms with Crippen molar-refractivity contribution in [2.75, 3.05) is 4.72 Å². The van der Waals surface area contributed by atoms with Gasteiger partial charge in [0, 0.05) is 23.7 Å². The summed E-state index contributed by atoms with van der Waals surface area (Å²) in [5.41, 5.74) is 0.631. The first-order chi connectivity index (χ1) is 13.7. The van der Waals surface area contributed by atoms with Gasteiger partial charge in [-0.25, -0.2) is 17.8 Å². The summed E-state index contributed by atoms with van der Waals surface area (Å²) >= 11 is 0. The lowest BCUT2D eigenvalue weighted by Crippen LogP contribution is -2.25. The summed E-state index contributed by atoms with van der Waals surface area (Å²) in [6, 6.07) is 10.3. The molecule has 0 unspecified atom stereocenters. The number of nitrogens with one attached hydrogen (secondary N) is 2. The van der Waals surface area contributed by atoms with E-state index < -0.39 is 39.3 Å². The summed E-state index contributed by atoms with van der Waals surface area (Å²) in [4.78, 5) is 6.96. The molecule has 1 aliphatic rings. The van der Waals surface area contributed by atoms with Crippen LogP contribution in [-0.2, 0) is 10.0 Å². The van der Waals surface area contributed by atoms with Gasteiger partial charge in [-0.15, -0.1) is 8.78 Å². The maximum Gasteiger partial charge on any atom is 0.586 e. The quantitative estimate of drug-likeness (QED) is 0.522. The third-order valence-corrected chi connectivity index (χ3v) is 5.72. The molecule has 0 bridgehead atoms. The first-order valence-corrected chi connectivity index (χ1v) is 9.69. The Labute approximate surface area is 161 Å². The maximum atomic E-state index is 14.3. The van der Waals surface area contributed by atoms with Gasteiger partial charge in [-0.3, -0.25) is 4.72 Å². The van der Waals surface area contributed by atoms with Gasteiger partial charge < -0.3 is 14.5 Å². The molecule has 0 saturated heterocycles. The summed E-state index contributed by atoms with van der Waals surface area (Å²) in [6.07, 6.45) is -2.73. The number of halogens is 3. The fourth-order valence-electron chi connectivity index (χ4n) is 3.08. The molecule has 0 saturated carbocycles. The van der Waals surface area contributed by atoms with Crippen LogP contribution in [0, 0.1) is 5.82 Å². The Morgan fingerprint density at radius 1 is 1.07 bits per heavy atom. The van der Waals surface area contributed by atoms with Gasteiger partial charge >= 0.3 is 6.29 Å². The van der Waals surface area contributed by atoms with Crippen LogP contribution >= 0.6 is 0 Å². The van der Waals surface area contributed by atoms with E-state index in [-0.39, 0.29) is 10.4 Å². The Morgan fingerprint density at radius 3 is 2.59 bits per heavy atom. The van der Waals surface area contributed by atoms with E-state index in [9.17, 15) is 21.6 Å². The normalized spacial score (nSPS) is 15.1. The molecule has 2 aromatic carbocycles. The van der Waals surface area contributed by atoms with Gasteiger partial charge in [-0.05, 0) is 12.1 Å². The van der Waals surface area contributed by atoms with Crippen molar-refractivity contribution in [1.29, 1.82) is 0 Å². The van der Waals surface area contributed by atoms with E-state index in [1.54, 1.807) is 18.2 Å². The summed E-state index contributed by atoms with van der Waals surface area (Å²) in [7, 11) is -4.30. The van der Waals surface area contributed by atoms with Crippen LogP contribution in [0.1, 0.15) is 0 Å². The summed E-state index contributed by atoms with van der Waals surface area (Å²) < 4.78 is 76.6. The number of ether oxygens (including phenoxy) is 2. The third-order valence-electron chi connectivity index (χ3n) is 4.34. The number of alkyl halides is 2. The fraction of sp³-hybridized carbons (Fsp3) is 0.0556. The number of H-pyrrole nitrogens is 1. The molecular weight excluding hydrogens is 411 g/mol. The van der Waals surface area contributed by atoms with Gasteiger partial charge in [0.05, 0.1) is 16.7 Å². The number of sulfonamides is 1. The highest BCUT2D eigenvalue weighted by molar-refractivity contribution is 7.93. The van der Waals surface area contributed by atoms with Gasteiger partial charge in [0.15, 0.2) is 17.3 Å². The van der Waals surface area contributed by atoms with Crippen LogP contribution < -0.4 is 14.2 Å². The molecule has 7 nitrogen and oxygen atoms in total. The van der Waals surface area contributed by atoms with Crippen molar-refractivity contribution in [3.8, 4) is 11.5 Å². The Balaban J connectivity index is 1.57. The summed E-state index contributed by atoms with van der Waals surface area (Å²) in [6.45, 7) is 0. The second-order valence-corrected chi connectivity index (χ2v) is 7.93. The van der Waals surface area contributed by atoms with Crippen molar-refractivity contribution in [2.24, 2.45) is 0 Å². The second kappa shape index (κ2) is 5.77. The number of benzene rings is 2. The number of aromatic nitrogens is 2. The topological polar surface area (TPSA) is 93.3 Å². The number of pyridine rings is 1. The molecule has 11 heteroatoms. The van der Waals surface area contributed by atoms with Gasteiger partial charge in [0.25, 0.3) is 10.0 Å². The van der Waals surface area contributed by atoms with Crippen molar-refractivity contribution in [3.63, 3.8) is 0 Å². The van der Waals surface area contributed by atoms with Crippen molar-refractivity contribution in [3.05, 3.63) is 54.5 Å². The van der Waals surface area contributed by atoms with E-state index in [0.29, 0.717) is 17.1 Å². The highest BCUT2D eigenvalue weighted by atomic mass is 32.2. The molecule has 0 aliphatic carbocycles. The van der Waals surface area contributed by atoms with Crippen LogP contribution in [0.3, 0.4) is 0 Å². The number of rotatable bonds is 3. The molecule has 3 heterocycles. The zero-order valence-corrected chi connectivity index (χ0v) is 15.1. The molecule has 4 aromatic rings. The zero-order chi connectivity index (χ0) is 20.4. The molecule has 5 rings (SSSR count). The lowest BCUT2D eigenvalue weighted by molar-refractivity contribution is -0.286. The molecule has 2 aromatic heterocycles. The van der Waals surface area contributed by atoms with E-state index in [4.69, 9.17) is 0 Å². The van der Waals surface area contributed by atoms with Crippen LogP contribution in [0.5, 0.6) is 11.5 Å². The Kier molecular flexibility index (Phi) is 3.50. The lowest BCUT2D eigenvalue weighted by Gasteiger charge is -2.09. The molecule has 2 N–H and O–H groups in total. The minimum Gasteiger partial charge on any atom is -0.395 e. The average Bonchev–Trinajstić information content (AvgIpc) is 3.19. The van der Waals surface area contributed by atoms with E-state index in [1.165, 1.54) is 6.20 Å². The van der Waals surface area contributed by atoms with E-state index >= 15 is 0 Å². The standard InChI is InChI=1S/C18H10F3N3O4S/c19-10-6-14-15(28-18(20,21)27-14)7-12(10)24-29(25,26)16-8-22-13-5-9-3-1-2-4-11(9)23-17(13)16/h1-8,22,24H. The highest BCUT2D eigenvalue weighted by Crippen LogP contribution is 2.43. The van der Waals surface area contributed by atoms with E-state index in [2.05, 4.69) is 19.4 Å². The SMILES string of the molecule is O=S(=O)(Nc1cc2c(cc1F)OC(F)(F)O2)c1c[nH]c2cc3ccccc3nc12. The van der Waals surface area contributed by atoms with Gasteiger partial charge in [0.2, 0.25) is 0 Å². The number of hydrogen-bond acceptors (Lipinski definition) is 5. The predicted molar refractivity (Wildman–Crippen MR) is 97.0 cm³/mol. The molecule has 0 radical (unpaired) electrons. The minimum absolute atomic E-state index is 0.156. The summed E-state index contributed by atoms with van der Waals surface area (Å²) in [5.74, 6) is -2.13. The van der Waals surface area contributed by atoms with Gasteiger partial charge in [0.1, 0.15) is 10.4 Å². The van der Waals surface area contributed by atoms with Gasteiger partial charge in [-0.2, -0.15) is 0 Å². The molecular formula is C18H10F3N3O4S. The van der Waals surface area contributed by atoms with E-state index in [0.717, 1.165) is 11.5 Å². The van der Waals surface area contributed by atoms with Crippen LogP contribution in [0.15, 0.2) is 53.6 Å². The zero-order valence-electron chi connectivity index (χ0n) is 14.2. The molecule has 0 fully saturated rings. The predicted octanol–water partition coefficient (Wildman–Crippen LogP) is 3.98.